The second-order valence-electron chi connectivity index (χ2n) is 7.84. The van der Waals surface area contributed by atoms with Crippen LogP contribution in [0.4, 0.5) is 0 Å². The number of aliphatic hydroxyl groups excluding tert-OH is 1. The first-order valence-corrected chi connectivity index (χ1v) is 9.27. The SMILES string of the molecule is CCC(C)C(=O)C1C(=O)[C@H](CC=C(C)C)[C@@](O)([C@H](O)CC=C(C)C)C1=O. The number of hydrogen-bond acceptors (Lipinski definition) is 5. The second-order valence-corrected chi connectivity index (χ2v) is 7.84. The van der Waals surface area contributed by atoms with Crippen molar-refractivity contribution < 1.29 is 24.6 Å². The molecule has 0 radical (unpaired) electrons. The first kappa shape index (κ1) is 22.5. The molecule has 26 heavy (non-hydrogen) atoms. The van der Waals surface area contributed by atoms with Crippen LogP contribution in [0.3, 0.4) is 0 Å². The third-order valence-corrected chi connectivity index (χ3v) is 5.22. The molecule has 1 fully saturated rings. The van der Waals surface area contributed by atoms with Gasteiger partial charge in [0.1, 0.15) is 5.92 Å². The van der Waals surface area contributed by atoms with E-state index >= 15 is 0 Å². The van der Waals surface area contributed by atoms with E-state index in [-0.39, 0.29) is 12.8 Å². The van der Waals surface area contributed by atoms with Gasteiger partial charge < -0.3 is 10.2 Å². The van der Waals surface area contributed by atoms with Crippen molar-refractivity contribution >= 4 is 17.3 Å². The van der Waals surface area contributed by atoms with Crippen LogP contribution in [0.2, 0.25) is 0 Å². The molecular formula is C21H32O5. The molecule has 2 unspecified atom stereocenters. The van der Waals surface area contributed by atoms with Crippen molar-refractivity contribution in [2.45, 2.75) is 72.5 Å². The maximum atomic E-state index is 12.9. The molecular weight excluding hydrogens is 332 g/mol. The second kappa shape index (κ2) is 8.87. The summed E-state index contributed by atoms with van der Waals surface area (Å²) in [5, 5.41) is 21.7. The van der Waals surface area contributed by atoms with Crippen LogP contribution in [-0.4, -0.2) is 39.3 Å². The van der Waals surface area contributed by atoms with Gasteiger partial charge in [-0.15, -0.1) is 0 Å². The number of aliphatic hydroxyl groups is 2. The van der Waals surface area contributed by atoms with E-state index in [1.54, 1.807) is 19.1 Å². The van der Waals surface area contributed by atoms with Gasteiger partial charge in [-0.1, -0.05) is 37.1 Å². The Kier molecular flexibility index (Phi) is 7.66. The molecule has 1 rings (SSSR count). The summed E-state index contributed by atoms with van der Waals surface area (Å²) in [4.78, 5) is 38.4. The van der Waals surface area contributed by atoms with Crippen LogP contribution in [0, 0.1) is 17.8 Å². The molecule has 0 aliphatic heterocycles. The molecule has 1 aliphatic carbocycles. The van der Waals surface area contributed by atoms with Gasteiger partial charge in [-0.3, -0.25) is 14.4 Å². The third kappa shape index (κ3) is 4.38. The van der Waals surface area contributed by atoms with Crippen molar-refractivity contribution in [3.8, 4) is 0 Å². The number of allylic oxidation sites excluding steroid dienone is 3. The topological polar surface area (TPSA) is 91.7 Å². The average Bonchev–Trinajstić information content (AvgIpc) is 2.76. The van der Waals surface area contributed by atoms with Crippen molar-refractivity contribution in [1.29, 1.82) is 0 Å². The van der Waals surface area contributed by atoms with Crippen molar-refractivity contribution in [3.05, 3.63) is 23.3 Å². The lowest BCUT2D eigenvalue weighted by Crippen LogP contribution is -2.52. The van der Waals surface area contributed by atoms with Crippen LogP contribution >= 0.6 is 0 Å². The lowest BCUT2D eigenvalue weighted by Gasteiger charge is -2.31. The van der Waals surface area contributed by atoms with E-state index in [0.717, 1.165) is 11.1 Å². The number of Topliss-reactive ketones (excluding diaryl/α,β-unsaturated/α-hetero) is 3. The Labute approximate surface area is 156 Å². The zero-order chi connectivity index (χ0) is 20.2. The fourth-order valence-corrected chi connectivity index (χ4v) is 3.28. The summed E-state index contributed by atoms with van der Waals surface area (Å²) in [6.45, 7) is 10.9. The highest BCUT2D eigenvalue weighted by atomic mass is 16.4. The molecule has 146 valence electrons. The molecule has 0 aromatic carbocycles. The lowest BCUT2D eigenvalue weighted by atomic mass is 9.80. The Bertz CT molecular complexity index is 622. The predicted molar refractivity (Wildman–Crippen MR) is 101 cm³/mol. The Morgan fingerprint density at radius 1 is 1.15 bits per heavy atom. The van der Waals surface area contributed by atoms with Crippen molar-refractivity contribution in [1.82, 2.24) is 0 Å². The van der Waals surface area contributed by atoms with Gasteiger partial charge >= 0.3 is 0 Å². The molecule has 0 bridgehead atoms. The minimum atomic E-state index is -2.23. The van der Waals surface area contributed by atoms with Gasteiger partial charge in [0, 0.05) is 5.92 Å². The molecule has 1 saturated carbocycles. The molecule has 0 aromatic rings. The van der Waals surface area contributed by atoms with Crippen molar-refractivity contribution in [2.24, 2.45) is 17.8 Å². The maximum absolute atomic E-state index is 12.9. The minimum Gasteiger partial charge on any atom is -0.389 e. The fourth-order valence-electron chi connectivity index (χ4n) is 3.28. The molecule has 5 atom stereocenters. The predicted octanol–water partition coefficient (Wildman–Crippen LogP) is 2.79. The van der Waals surface area contributed by atoms with Crippen LogP contribution in [0.25, 0.3) is 0 Å². The number of carbonyl (C=O) groups is 3. The van der Waals surface area contributed by atoms with Gasteiger partial charge in [0.25, 0.3) is 0 Å². The van der Waals surface area contributed by atoms with Gasteiger partial charge in [0.05, 0.1) is 12.0 Å². The quantitative estimate of drug-likeness (QED) is 0.510. The molecule has 0 aromatic heterocycles. The van der Waals surface area contributed by atoms with E-state index in [1.165, 1.54) is 0 Å². The fraction of sp³-hybridized carbons (Fsp3) is 0.667. The first-order chi connectivity index (χ1) is 12.0. The highest BCUT2D eigenvalue weighted by molar-refractivity contribution is 6.28. The highest BCUT2D eigenvalue weighted by Crippen LogP contribution is 2.41. The summed E-state index contributed by atoms with van der Waals surface area (Å²) in [7, 11) is 0. The zero-order valence-electron chi connectivity index (χ0n) is 16.7. The van der Waals surface area contributed by atoms with Gasteiger partial charge in [-0.25, -0.2) is 0 Å². The Morgan fingerprint density at radius 2 is 1.69 bits per heavy atom. The number of ketones is 3. The Hall–Kier alpha value is -1.59. The average molecular weight is 364 g/mol. The van der Waals surface area contributed by atoms with Crippen molar-refractivity contribution in [3.63, 3.8) is 0 Å². The van der Waals surface area contributed by atoms with E-state index < -0.39 is 46.8 Å². The molecule has 0 amide bonds. The van der Waals surface area contributed by atoms with Crippen LogP contribution in [0.15, 0.2) is 23.3 Å². The van der Waals surface area contributed by atoms with Gasteiger partial charge in [0.2, 0.25) is 0 Å². The Balaban J connectivity index is 3.35. The zero-order valence-corrected chi connectivity index (χ0v) is 16.7. The van der Waals surface area contributed by atoms with Crippen LogP contribution in [-0.2, 0) is 14.4 Å². The van der Waals surface area contributed by atoms with E-state index in [2.05, 4.69) is 0 Å². The summed E-state index contributed by atoms with van der Waals surface area (Å²) in [5.41, 5.74) is -0.372. The Morgan fingerprint density at radius 3 is 2.15 bits per heavy atom. The molecule has 0 heterocycles. The van der Waals surface area contributed by atoms with Crippen LogP contribution in [0.5, 0.6) is 0 Å². The molecule has 5 heteroatoms. The van der Waals surface area contributed by atoms with Gasteiger partial charge in [-0.05, 0) is 47.0 Å². The van der Waals surface area contributed by atoms with Crippen LogP contribution < -0.4 is 0 Å². The monoisotopic (exact) mass is 364 g/mol. The van der Waals surface area contributed by atoms with Crippen LogP contribution in [0.1, 0.15) is 60.8 Å². The molecule has 0 spiro atoms. The third-order valence-electron chi connectivity index (χ3n) is 5.22. The van der Waals surface area contributed by atoms with E-state index in [1.807, 2.05) is 34.6 Å². The smallest absolute Gasteiger partial charge is 0.185 e. The number of rotatable bonds is 8. The normalized spacial score (nSPS) is 27.8. The molecule has 1 aliphatic rings. The molecule has 5 nitrogen and oxygen atoms in total. The molecule has 2 N–H and O–H groups in total. The first-order valence-electron chi connectivity index (χ1n) is 9.27. The minimum absolute atomic E-state index is 0.0490. The lowest BCUT2D eigenvalue weighted by molar-refractivity contribution is -0.156. The van der Waals surface area contributed by atoms with Crippen molar-refractivity contribution in [2.75, 3.05) is 0 Å². The summed E-state index contributed by atoms with van der Waals surface area (Å²) >= 11 is 0. The van der Waals surface area contributed by atoms with E-state index in [4.69, 9.17) is 0 Å². The number of carbonyl (C=O) groups excluding carboxylic acids is 3. The summed E-state index contributed by atoms with van der Waals surface area (Å²) in [5.74, 6) is -4.93. The van der Waals surface area contributed by atoms with Gasteiger partial charge in [0.15, 0.2) is 23.0 Å². The van der Waals surface area contributed by atoms with Gasteiger partial charge in [-0.2, -0.15) is 0 Å². The highest BCUT2D eigenvalue weighted by Gasteiger charge is 2.64. The number of hydrogen-bond donors (Lipinski definition) is 2. The summed E-state index contributed by atoms with van der Waals surface area (Å²) < 4.78 is 0. The van der Waals surface area contributed by atoms with E-state index in [9.17, 15) is 24.6 Å². The standard InChI is InChI=1S/C21H32O5/c1-7-14(6)18(23)17-19(24)15(10-8-12(2)3)21(26,20(17)25)16(22)11-9-13(4)5/h8-9,14-17,22,26H,7,10-11H2,1-6H3/t14?,15-,16+,17?,21+/m0/s1. The largest absolute Gasteiger partial charge is 0.389 e. The molecule has 0 saturated heterocycles. The maximum Gasteiger partial charge on any atom is 0.185 e. The summed E-state index contributed by atoms with van der Waals surface area (Å²) in [6.07, 6.45) is 2.71. The van der Waals surface area contributed by atoms with E-state index in [0.29, 0.717) is 6.42 Å². The summed E-state index contributed by atoms with van der Waals surface area (Å²) in [6, 6.07) is 0.